The Morgan fingerprint density at radius 1 is 1.30 bits per heavy atom. The molecule has 0 fully saturated rings. The summed E-state index contributed by atoms with van der Waals surface area (Å²) in [5.41, 5.74) is 0.131. The molecule has 112 valence electrons. The van der Waals surface area contributed by atoms with Crippen LogP contribution < -0.4 is 0 Å². The van der Waals surface area contributed by atoms with Crippen molar-refractivity contribution in [3.8, 4) is 0 Å². The predicted octanol–water partition coefficient (Wildman–Crippen LogP) is 4.45. The van der Waals surface area contributed by atoms with E-state index in [-0.39, 0.29) is 17.1 Å². The summed E-state index contributed by atoms with van der Waals surface area (Å²) in [5.74, 6) is -0.490. The second-order valence-electron chi connectivity index (χ2n) is 4.66. The van der Waals surface area contributed by atoms with Crippen molar-refractivity contribution in [1.82, 2.24) is 4.90 Å². The van der Waals surface area contributed by atoms with Gasteiger partial charge in [-0.2, -0.15) is 13.2 Å². The molecule has 0 aliphatic rings. The quantitative estimate of drug-likeness (QED) is 0.745. The Balaban J connectivity index is 2.88. The molecule has 0 bridgehead atoms. The Labute approximate surface area is 125 Å². The first-order valence-corrected chi connectivity index (χ1v) is 6.65. The summed E-state index contributed by atoms with van der Waals surface area (Å²) < 4.78 is 37.4. The molecule has 1 aromatic carbocycles. The summed E-state index contributed by atoms with van der Waals surface area (Å²) in [5, 5.41) is 0.486. The van der Waals surface area contributed by atoms with Gasteiger partial charge in [0.2, 0.25) is 0 Å². The molecule has 0 aromatic heterocycles. The van der Waals surface area contributed by atoms with Gasteiger partial charge < -0.3 is 0 Å². The molecule has 0 aliphatic carbocycles. The molecule has 0 unspecified atom stereocenters. The molecular formula is C13H14Cl2F3NO. The van der Waals surface area contributed by atoms with Crippen molar-refractivity contribution in [2.24, 2.45) is 0 Å². The van der Waals surface area contributed by atoms with Gasteiger partial charge in [-0.25, -0.2) is 0 Å². The average Bonchev–Trinajstić information content (AvgIpc) is 2.29. The van der Waals surface area contributed by atoms with Crippen LogP contribution in [0.5, 0.6) is 0 Å². The number of alkyl halides is 3. The van der Waals surface area contributed by atoms with E-state index >= 15 is 0 Å². The molecule has 1 rings (SSSR count). The first kappa shape index (κ1) is 17.3. The first-order valence-electron chi connectivity index (χ1n) is 5.89. The molecule has 2 nitrogen and oxygen atoms in total. The number of ketones is 1. The number of Topliss-reactive ketones (excluding diaryl/α,β-unsaturated/α-hetero) is 1. The highest BCUT2D eigenvalue weighted by Crippen LogP contribution is 2.23. The van der Waals surface area contributed by atoms with Crippen LogP contribution in [0.4, 0.5) is 13.2 Å². The van der Waals surface area contributed by atoms with Crippen LogP contribution in [0.15, 0.2) is 18.2 Å². The second-order valence-corrected chi connectivity index (χ2v) is 5.50. The highest BCUT2D eigenvalue weighted by atomic mass is 35.5. The summed E-state index contributed by atoms with van der Waals surface area (Å²) >= 11 is 11.6. The van der Waals surface area contributed by atoms with Gasteiger partial charge in [0, 0.05) is 16.6 Å². The van der Waals surface area contributed by atoms with Gasteiger partial charge >= 0.3 is 6.18 Å². The monoisotopic (exact) mass is 327 g/mol. The van der Waals surface area contributed by atoms with Crippen molar-refractivity contribution in [3.63, 3.8) is 0 Å². The molecule has 0 spiro atoms. The maximum Gasteiger partial charge on any atom is 0.401 e. The number of hydrogen-bond acceptors (Lipinski definition) is 2. The van der Waals surface area contributed by atoms with Crippen LogP contribution in [0.25, 0.3) is 0 Å². The Morgan fingerprint density at radius 3 is 2.40 bits per heavy atom. The van der Waals surface area contributed by atoms with Gasteiger partial charge in [0.1, 0.15) is 0 Å². The zero-order valence-electron chi connectivity index (χ0n) is 11.0. The van der Waals surface area contributed by atoms with Gasteiger partial charge in [-0.05, 0) is 32.0 Å². The third kappa shape index (κ3) is 5.31. The molecule has 0 aliphatic heterocycles. The van der Waals surface area contributed by atoms with E-state index in [2.05, 4.69) is 0 Å². The van der Waals surface area contributed by atoms with E-state index in [0.717, 1.165) is 4.90 Å². The van der Waals surface area contributed by atoms with Gasteiger partial charge in [-0.3, -0.25) is 9.69 Å². The highest BCUT2D eigenvalue weighted by molar-refractivity contribution is 6.36. The van der Waals surface area contributed by atoms with Gasteiger partial charge in [-0.15, -0.1) is 0 Å². The summed E-state index contributed by atoms with van der Waals surface area (Å²) in [6, 6.07) is 3.90. The highest BCUT2D eigenvalue weighted by Gasteiger charge is 2.32. The van der Waals surface area contributed by atoms with Gasteiger partial charge in [0.15, 0.2) is 5.78 Å². The second kappa shape index (κ2) is 6.78. The van der Waals surface area contributed by atoms with Gasteiger partial charge in [0.25, 0.3) is 0 Å². The third-order valence-electron chi connectivity index (χ3n) is 2.69. The standard InChI is InChI=1S/C13H14Cl2F3NO/c1-8(2)19(7-13(16,17)18)6-12(20)10-5-9(14)3-4-11(10)15/h3-5,8H,6-7H2,1-2H3. The van der Waals surface area contributed by atoms with Crippen molar-refractivity contribution < 1.29 is 18.0 Å². The third-order valence-corrected chi connectivity index (χ3v) is 3.25. The zero-order valence-corrected chi connectivity index (χ0v) is 12.5. The van der Waals surface area contributed by atoms with Crippen LogP contribution in [-0.4, -0.2) is 36.0 Å². The van der Waals surface area contributed by atoms with Crippen molar-refractivity contribution >= 4 is 29.0 Å². The lowest BCUT2D eigenvalue weighted by Gasteiger charge is -2.26. The largest absolute Gasteiger partial charge is 0.401 e. The number of nitrogens with zero attached hydrogens (tertiary/aromatic N) is 1. The first-order chi connectivity index (χ1) is 9.10. The van der Waals surface area contributed by atoms with Crippen molar-refractivity contribution in [2.45, 2.75) is 26.1 Å². The predicted molar refractivity (Wildman–Crippen MR) is 73.6 cm³/mol. The smallest absolute Gasteiger partial charge is 0.293 e. The molecule has 0 saturated heterocycles. The Hall–Kier alpha value is -0.780. The summed E-state index contributed by atoms with van der Waals surface area (Å²) in [4.78, 5) is 13.1. The van der Waals surface area contributed by atoms with Gasteiger partial charge in [0.05, 0.1) is 18.1 Å². The summed E-state index contributed by atoms with van der Waals surface area (Å²) in [6.45, 7) is 1.68. The maximum absolute atomic E-state index is 12.5. The van der Waals surface area contributed by atoms with E-state index in [9.17, 15) is 18.0 Å². The number of rotatable bonds is 5. The Morgan fingerprint density at radius 2 is 1.90 bits per heavy atom. The fourth-order valence-electron chi connectivity index (χ4n) is 1.63. The van der Waals surface area contributed by atoms with E-state index in [0.29, 0.717) is 5.02 Å². The molecule has 7 heteroatoms. The number of halogens is 5. The molecule has 0 heterocycles. The SMILES string of the molecule is CC(C)N(CC(=O)c1cc(Cl)ccc1Cl)CC(F)(F)F. The summed E-state index contributed by atoms with van der Waals surface area (Å²) in [6.07, 6.45) is -4.36. The van der Waals surface area contributed by atoms with Crippen molar-refractivity contribution in [1.29, 1.82) is 0 Å². The number of benzene rings is 1. The lowest BCUT2D eigenvalue weighted by atomic mass is 10.1. The van der Waals surface area contributed by atoms with E-state index in [1.54, 1.807) is 13.8 Å². The topological polar surface area (TPSA) is 20.3 Å². The van der Waals surface area contributed by atoms with Crippen LogP contribution in [-0.2, 0) is 0 Å². The number of hydrogen-bond donors (Lipinski definition) is 0. The fraction of sp³-hybridized carbons (Fsp3) is 0.462. The van der Waals surface area contributed by atoms with E-state index < -0.39 is 24.5 Å². The Bertz CT molecular complexity index is 489. The minimum atomic E-state index is -4.36. The maximum atomic E-state index is 12.5. The van der Waals surface area contributed by atoms with E-state index in [1.807, 2.05) is 0 Å². The Kier molecular flexibility index (Phi) is 5.86. The van der Waals surface area contributed by atoms with Crippen molar-refractivity contribution in [2.75, 3.05) is 13.1 Å². The minimum absolute atomic E-state index is 0.131. The molecule has 0 amide bonds. The van der Waals surface area contributed by atoms with Crippen LogP contribution in [0.2, 0.25) is 10.0 Å². The molecule has 1 aromatic rings. The van der Waals surface area contributed by atoms with E-state index in [4.69, 9.17) is 23.2 Å². The fourth-order valence-corrected chi connectivity index (χ4v) is 2.03. The molecule has 0 atom stereocenters. The van der Waals surface area contributed by atoms with Crippen molar-refractivity contribution in [3.05, 3.63) is 33.8 Å². The average molecular weight is 328 g/mol. The van der Waals surface area contributed by atoms with E-state index in [1.165, 1.54) is 18.2 Å². The lowest BCUT2D eigenvalue weighted by Crippen LogP contribution is -2.42. The molecule has 0 radical (unpaired) electrons. The minimum Gasteiger partial charge on any atom is -0.293 e. The molecular weight excluding hydrogens is 314 g/mol. The molecule has 0 N–H and O–H groups in total. The lowest BCUT2D eigenvalue weighted by molar-refractivity contribution is -0.148. The molecule has 20 heavy (non-hydrogen) atoms. The van der Waals surface area contributed by atoms with Crippen LogP contribution in [0.3, 0.4) is 0 Å². The summed E-state index contributed by atoms with van der Waals surface area (Å²) in [7, 11) is 0. The zero-order chi connectivity index (χ0) is 15.5. The number of carbonyl (C=O) groups is 1. The van der Waals surface area contributed by atoms with Crippen LogP contribution >= 0.6 is 23.2 Å². The molecule has 0 saturated carbocycles. The van der Waals surface area contributed by atoms with Gasteiger partial charge in [-0.1, -0.05) is 23.2 Å². The van der Waals surface area contributed by atoms with Crippen LogP contribution in [0.1, 0.15) is 24.2 Å². The van der Waals surface area contributed by atoms with Crippen LogP contribution in [0, 0.1) is 0 Å². The number of carbonyl (C=O) groups excluding carboxylic acids is 1. The normalized spacial score (nSPS) is 12.2.